The van der Waals surface area contributed by atoms with Crippen molar-refractivity contribution in [2.45, 2.75) is 38.5 Å². The minimum absolute atomic E-state index is 0.112. The number of ketones is 1. The molecule has 0 bridgehead atoms. The van der Waals surface area contributed by atoms with Crippen LogP contribution in [0.1, 0.15) is 38.5 Å². The largest absolute Gasteiger partial charge is 0.396 e. The van der Waals surface area contributed by atoms with Crippen LogP contribution in [-0.2, 0) is 4.79 Å². The first-order valence-electron chi connectivity index (χ1n) is 5.46. The fourth-order valence-electron chi connectivity index (χ4n) is 2.47. The molecule has 2 saturated carbocycles. The van der Waals surface area contributed by atoms with E-state index in [1.165, 1.54) is 0 Å². The number of aliphatic hydroxyl groups is 2. The summed E-state index contributed by atoms with van der Waals surface area (Å²) in [4.78, 5) is 12.2. The molecule has 2 aliphatic rings. The molecule has 0 spiro atoms. The van der Waals surface area contributed by atoms with E-state index in [1.807, 2.05) is 0 Å². The number of carbonyl (C=O) groups is 1. The van der Waals surface area contributed by atoms with Crippen LogP contribution in [0.15, 0.2) is 0 Å². The van der Waals surface area contributed by atoms with Crippen LogP contribution in [0.3, 0.4) is 0 Å². The number of hydrogen-bond donors (Lipinski definition) is 2. The lowest BCUT2D eigenvalue weighted by Crippen LogP contribution is -2.28. The maximum atomic E-state index is 12.2. The molecule has 3 nitrogen and oxygen atoms in total. The second kappa shape index (κ2) is 3.31. The van der Waals surface area contributed by atoms with Gasteiger partial charge in [-0.1, -0.05) is 0 Å². The second-order valence-electron chi connectivity index (χ2n) is 4.84. The molecule has 0 aromatic carbocycles. The van der Waals surface area contributed by atoms with Gasteiger partial charge < -0.3 is 10.2 Å². The van der Waals surface area contributed by atoms with Gasteiger partial charge in [-0.3, -0.25) is 4.79 Å². The molecule has 0 atom stereocenters. The smallest absolute Gasteiger partial charge is 0.145 e. The minimum Gasteiger partial charge on any atom is -0.396 e. The highest BCUT2D eigenvalue weighted by molar-refractivity contribution is 5.94. The van der Waals surface area contributed by atoms with Gasteiger partial charge in [-0.15, -0.1) is 0 Å². The van der Waals surface area contributed by atoms with E-state index in [-0.39, 0.29) is 24.0 Å². The van der Waals surface area contributed by atoms with E-state index in [9.17, 15) is 4.79 Å². The van der Waals surface area contributed by atoms with Crippen molar-refractivity contribution in [3.63, 3.8) is 0 Å². The summed E-state index contributed by atoms with van der Waals surface area (Å²) in [7, 11) is 0. The maximum Gasteiger partial charge on any atom is 0.145 e. The van der Waals surface area contributed by atoms with Crippen LogP contribution >= 0.6 is 0 Å². The van der Waals surface area contributed by atoms with Gasteiger partial charge in [-0.25, -0.2) is 0 Å². The van der Waals surface area contributed by atoms with E-state index in [2.05, 4.69) is 0 Å². The van der Waals surface area contributed by atoms with Crippen molar-refractivity contribution < 1.29 is 15.0 Å². The second-order valence-corrected chi connectivity index (χ2v) is 4.84. The van der Waals surface area contributed by atoms with Gasteiger partial charge in [0.1, 0.15) is 5.78 Å². The first-order valence-corrected chi connectivity index (χ1v) is 5.46. The SMILES string of the molecule is O=C(C1(CCO)CC1)C1(CCO)CC1. The summed E-state index contributed by atoms with van der Waals surface area (Å²) in [6.07, 6.45) is 5.02. The van der Waals surface area contributed by atoms with Crippen LogP contribution in [0.2, 0.25) is 0 Å². The lowest BCUT2D eigenvalue weighted by molar-refractivity contribution is -0.130. The molecule has 0 amide bonds. The van der Waals surface area contributed by atoms with Gasteiger partial charge in [-0.2, -0.15) is 0 Å². The topological polar surface area (TPSA) is 57.5 Å². The van der Waals surface area contributed by atoms with E-state index in [4.69, 9.17) is 10.2 Å². The Hall–Kier alpha value is -0.410. The van der Waals surface area contributed by atoms with E-state index in [1.54, 1.807) is 0 Å². The van der Waals surface area contributed by atoms with Crippen LogP contribution in [-0.4, -0.2) is 29.2 Å². The van der Waals surface area contributed by atoms with Crippen LogP contribution < -0.4 is 0 Å². The van der Waals surface area contributed by atoms with Crippen molar-refractivity contribution in [3.8, 4) is 0 Å². The summed E-state index contributed by atoms with van der Waals surface area (Å²) in [5, 5.41) is 17.8. The Labute approximate surface area is 84.1 Å². The van der Waals surface area contributed by atoms with Crippen molar-refractivity contribution in [1.82, 2.24) is 0 Å². The van der Waals surface area contributed by atoms with Crippen LogP contribution in [0.4, 0.5) is 0 Å². The van der Waals surface area contributed by atoms with Gasteiger partial charge in [-0.05, 0) is 38.5 Å². The molecule has 0 aromatic heterocycles. The molecule has 14 heavy (non-hydrogen) atoms. The molecule has 0 unspecified atom stereocenters. The number of Topliss-reactive ketones (excluding diaryl/α,β-unsaturated/α-hetero) is 1. The highest BCUT2D eigenvalue weighted by atomic mass is 16.3. The van der Waals surface area contributed by atoms with Gasteiger partial charge in [0.2, 0.25) is 0 Å². The first-order chi connectivity index (χ1) is 6.69. The Balaban J connectivity index is 2.01. The zero-order valence-corrected chi connectivity index (χ0v) is 8.46. The monoisotopic (exact) mass is 198 g/mol. The third-order valence-electron chi connectivity index (χ3n) is 3.85. The lowest BCUT2D eigenvalue weighted by atomic mass is 9.83. The van der Waals surface area contributed by atoms with E-state index < -0.39 is 0 Å². The summed E-state index contributed by atoms with van der Waals surface area (Å²) in [5.41, 5.74) is -0.388. The predicted octanol–water partition coefficient (Wildman–Crippen LogP) is 0.881. The number of rotatable bonds is 6. The van der Waals surface area contributed by atoms with Gasteiger partial charge >= 0.3 is 0 Å². The van der Waals surface area contributed by atoms with E-state index >= 15 is 0 Å². The molecule has 3 heteroatoms. The Morgan fingerprint density at radius 1 is 0.929 bits per heavy atom. The van der Waals surface area contributed by atoms with Crippen molar-refractivity contribution in [2.75, 3.05) is 13.2 Å². The molecule has 80 valence electrons. The number of hydrogen-bond acceptors (Lipinski definition) is 3. The van der Waals surface area contributed by atoms with Gasteiger partial charge in [0.15, 0.2) is 0 Å². The van der Waals surface area contributed by atoms with Crippen LogP contribution in [0, 0.1) is 10.8 Å². The zero-order chi connectivity index (χ0) is 10.2. The average Bonchev–Trinajstić information content (AvgIpc) is 3.01. The number of aliphatic hydroxyl groups excluding tert-OH is 2. The summed E-state index contributed by atoms with van der Waals surface area (Å²) in [6.45, 7) is 0.224. The Kier molecular flexibility index (Phi) is 2.40. The maximum absolute atomic E-state index is 12.2. The molecular formula is C11H18O3. The Morgan fingerprint density at radius 2 is 1.29 bits per heavy atom. The molecule has 2 fully saturated rings. The highest BCUT2D eigenvalue weighted by Crippen LogP contribution is 2.61. The summed E-state index contributed by atoms with van der Waals surface area (Å²) in [6, 6.07) is 0. The molecule has 2 aliphatic carbocycles. The Bertz CT molecular complexity index is 215. The molecule has 0 saturated heterocycles. The van der Waals surface area contributed by atoms with E-state index in [0.29, 0.717) is 18.6 Å². The molecule has 2 rings (SSSR count). The molecular weight excluding hydrogens is 180 g/mol. The van der Waals surface area contributed by atoms with Gasteiger partial charge in [0, 0.05) is 24.0 Å². The summed E-state index contributed by atoms with van der Waals surface area (Å²) in [5.74, 6) is 0.327. The number of carbonyl (C=O) groups excluding carboxylic acids is 1. The van der Waals surface area contributed by atoms with Crippen LogP contribution in [0.5, 0.6) is 0 Å². The predicted molar refractivity (Wildman–Crippen MR) is 51.7 cm³/mol. The van der Waals surface area contributed by atoms with Crippen LogP contribution in [0.25, 0.3) is 0 Å². The van der Waals surface area contributed by atoms with Crippen molar-refractivity contribution in [3.05, 3.63) is 0 Å². The molecule has 2 N–H and O–H groups in total. The summed E-state index contributed by atoms with van der Waals surface area (Å²) >= 11 is 0. The minimum atomic E-state index is -0.194. The van der Waals surface area contributed by atoms with Gasteiger partial charge in [0.25, 0.3) is 0 Å². The third kappa shape index (κ3) is 1.48. The lowest BCUT2D eigenvalue weighted by Gasteiger charge is -2.19. The molecule has 0 aromatic rings. The highest BCUT2D eigenvalue weighted by Gasteiger charge is 2.60. The van der Waals surface area contributed by atoms with Crippen molar-refractivity contribution in [2.24, 2.45) is 10.8 Å². The fraction of sp³-hybridized carbons (Fsp3) is 0.909. The fourth-order valence-corrected chi connectivity index (χ4v) is 2.47. The zero-order valence-electron chi connectivity index (χ0n) is 8.46. The average molecular weight is 198 g/mol. The third-order valence-corrected chi connectivity index (χ3v) is 3.85. The standard InChI is InChI=1S/C11H18O3/c12-7-5-10(1-2-10)9(14)11(3-4-11)6-8-13/h12-13H,1-8H2. The van der Waals surface area contributed by atoms with Crippen molar-refractivity contribution >= 4 is 5.78 Å². The normalized spacial score (nSPS) is 25.9. The van der Waals surface area contributed by atoms with E-state index in [0.717, 1.165) is 25.7 Å². The summed E-state index contributed by atoms with van der Waals surface area (Å²) < 4.78 is 0. The molecule has 0 radical (unpaired) electrons. The van der Waals surface area contributed by atoms with Gasteiger partial charge in [0.05, 0.1) is 0 Å². The molecule has 0 heterocycles. The molecule has 0 aliphatic heterocycles. The Morgan fingerprint density at radius 3 is 1.50 bits per heavy atom. The first kappa shape index (κ1) is 10.1. The quantitative estimate of drug-likeness (QED) is 0.666. The van der Waals surface area contributed by atoms with Crippen molar-refractivity contribution in [1.29, 1.82) is 0 Å².